The Labute approximate surface area is 76.5 Å². The summed E-state index contributed by atoms with van der Waals surface area (Å²) in [6, 6.07) is 0. The molecule has 3 aliphatic rings. The minimum absolute atomic E-state index is 0.0166. The van der Waals surface area contributed by atoms with Crippen LogP contribution in [-0.2, 0) is 9.53 Å². The first-order valence-corrected chi connectivity index (χ1v) is 4.61. The van der Waals surface area contributed by atoms with Gasteiger partial charge in [-0.3, -0.25) is 4.79 Å². The second-order valence-corrected chi connectivity index (χ2v) is 4.22. The Morgan fingerprint density at radius 3 is 2.23 bits per heavy atom. The Bertz CT molecular complexity index is 211. The fourth-order valence-corrected chi connectivity index (χ4v) is 2.24. The Balaban J connectivity index is 2.16. The lowest BCUT2D eigenvalue weighted by Gasteiger charge is -2.50. The van der Waals surface area contributed by atoms with Gasteiger partial charge in [-0.05, 0) is 25.7 Å². The number of hydrogen-bond donors (Lipinski definition) is 2. The van der Waals surface area contributed by atoms with E-state index in [2.05, 4.69) is 0 Å². The molecule has 2 heterocycles. The number of hydrogen-bond acceptors (Lipinski definition) is 3. The Morgan fingerprint density at radius 2 is 1.92 bits per heavy atom. The number of carbonyl (C=O) groups is 1. The van der Waals surface area contributed by atoms with Crippen molar-refractivity contribution in [2.45, 2.75) is 31.3 Å². The number of aliphatic carboxylic acids is 1. The molecule has 2 aliphatic heterocycles. The molecule has 4 heteroatoms. The van der Waals surface area contributed by atoms with Gasteiger partial charge < -0.3 is 14.9 Å². The van der Waals surface area contributed by atoms with Crippen molar-refractivity contribution < 1.29 is 19.7 Å². The van der Waals surface area contributed by atoms with Crippen molar-refractivity contribution in [3.05, 3.63) is 0 Å². The van der Waals surface area contributed by atoms with Crippen molar-refractivity contribution in [3.8, 4) is 0 Å². The highest BCUT2D eigenvalue weighted by Gasteiger charge is 2.53. The normalized spacial score (nSPS) is 43.5. The molecule has 0 aromatic rings. The van der Waals surface area contributed by atoms with Crippen LogP contribution in [0, 0.1) is 5.41 Å². The Hall–Kier alpha value is -0.610. The van der Waals surface area contributed by atoms with Gasteiger partial charge >= 0.3 is 5.97 Å². The number of aliphatic hydroxyl groups excluding tert-OH is 1. The topological polar surface area (TPSA) is 66.8 Å². The smallest absolute Gasteiger partial charge is 0.311 e. The molecule has 0 spiro atoms. The first-order chi connectivity index (χ1) is 6.13. The summed E-state index contributed by atoms with van der Waals surface area (Å²) in [5, 5.41) is 18.1. The summed E-state index contributed by atoms with van der Waals surface area (Å²) in [4.78, 5) is 11.0. The molecule has 1 saturated carbocycles. The lowest BCUT2D eigenvalue weighted by Crippen LogP contribution is -2.55. The summed E-state index contributed by atoms with van der Waals surface area (Å²) in [5.41, 5.74) is -1.08. The average Bonchev–Trinajstić information content (AvgIpc) is 2.20. The van der Waals surface area contributed by atoms with Gasteiger partial charge in [0.2, 0.25) is 0 Å². The van der Waals surface area contributed by atoms with E-state index in [1.807, 2.05) is 0 Å². The molecule has 13 heavy (non-hydrogen) atoms. The van der Waals surface area contributed by atoms with Crippen LogP contribution in [0.2, 0.25) is 0 Å². The van der Waals surface area contributed by atoms with Gasteiger partial charge in [-0.15, -0.1) is 0 Å². The summed E-state index contributed by atoms with van der Waals surface area (Å²) < 4.78 is 5.45. The van der Waals surface area contributed by atoms with Crippen molar-refractivity contribution in [1.82, 2.24) is 0 Å². The maximum absolute atomic E-state index is 11.0. The number of carboxylic acids is 1. The zero-order valence-corrected chi connectivity index (χ0v) is 7.45. The third-order valence-electron chi connectivity index (χ3n) is 3.51. The van der Waals surface area contributed by atoms with Crippen molar-refractivity contribution >= 4 is 5.97 Å². The lowest BCUT2D eigenvalue weighted by molar-refractivity contribution is -0.210. The number of carboxylic acid groups (broad SMARTS) is 1. The van der Waals surface area contributed by atoms with Crippen LogP contribution < -0.4 is 0 Å². The van der Waals surface area contributed by atoms with Crippen LogP contribution >= 0.6 is 0 Å². The molecule has 0 radical (unpaired) electrons. The van der Waals surface area contributed by atoms with Gasteiger partial charge in [-0.2, -0.15) is 0 Å². The first-order valence-electron chi connectivity index (χ1n) is 4.61. The van der Waals surface area contributed by atoms with Crippen molar-refractivity contribution in [3.63, 3.8) is 0 Å². The van der Waals surface area contributed by atoms with Gasteiger partial charge in [-0.1, -0.05) is 0 Å². The largest absolute Gasteiger partial charge is 0.481 e. The average molecular weight is 186 g/mol. The molecule has 4 nitrogen and oxygen atoms in total. The van der Waals surface area contributed by atoms with E-state index in [9.17, 15) is 4.79 Å². The van der Waals surface area contributed by atoms with Crippen LogP contribution in [0.1, 0.15) is 25.7 Å². The standard InChI is InChI=1S/C9H14O4/c10-5-9-3-1-8(2-4-9,6-13-9)7(11)12/h10H,1-6H2,(H,11,12). The van der Waals surface area contributed by atoms with Crippen LogP contribution in [0.5, 0.6) is 0 Å². The summed E-state index contributed by atoms with van der Waals surface area (Å²) in [6.07, 6.45) is 2.64. The van der Waals surface area contributed by atoms with E-state index in [0.717, 1.165) is 0 Å². The highest BCUT2D eigenvalue weighted by atomic mass is 16.5. The maximum atomic E-state index is 11.0. The first kappa shape index (κ1) is 8.97. The number of ether oxygens (including phenoxy) is 1. The van der Waals surface area contributed by atoms with E-state index in [0.29, 0.717) is 25.7 Å². The van der Waals surface area contributed by atoms with Crippen LogP contribution in [0.4, 0.5) is 0 Å². The quantitative estimate of drug-likeness (QED) is 0.654. The van der Waals surface area contributed by atoms with E-state index in [1.54, 1.807) is 0 Å². The molecular weight excluding hydrogens is 172 g/mol. The molecule has 1 aliphatic carbocycles. The third-order valence-corrected chi connectivity index (χ3v) is 3.51. The number of fused-ring (bicyclic) bond motifs is 3. The van der Waals surface area contributed by atoms with Gasteiger partial charge in [0.1, 0.15) is 0 Å². The van der Waals surface area contributed by atoms with Crippen LogP contribution in [0.25, 0.3) is 0 Å². The SMILES string of the molecule is O=C(O)C12CCC(CO)(CC1)OC2. The van der Waals surface area contributed by atoms with E-state index < -0.39 is 17.0 Å². The molecule has 2 bridgehead atoms. The molecule has 0 aromatic carbocycles. The summed E-state index contributed by atoms with van der Waals surface area (Å²) >= 11 is 0. The number of aliphatic hydroxyl groups is 1. The van der Waals surface area contributed by atoms with E-state index in [1.165, 1.54) is 0 Å². The van der Waals surface area contributed by atoms with Gasteiger partial charge in [-0.25, -0.2) is 0 Å². The van der Waals surface area contributed by atoms with Gasteiger partial charge in [0.25, 0.3) is 0 Å². The zero-order chi connectivity index (χ0) is 9.53. The van der Waals surface area contributed by atoms with Crippen molar-refractivity contribution in [1.29, 1.82) is 0 Å². The molecule has 0 amide bonds. The fourth-order valence-electron chi connectivity index (χ4n) is 2.24. The van der Waals surface area contributed by atoms with E-state index in [-0.39, 0.29) is 13.2 Å². The highest BCUT2D eigenvalue weighted by Crippen LogP contribution is 2.48. The molecule has 0 atom stereocenters. The van der Waals surface area contributed by atoms with Crippen molar-refractivity contribution in [2.75, 3.05) is 13.2 Å². The Kier molecular flexibility index (Phi) is 1.85. The van der Waals surface area contributed by atoms with Gasteiger partial charge in [0.05, 0.1) is 24.2 Å². The molecule has 74 valence electrons. The molecule has 2 saturated heterocycles. The van der Waals surface area contributed by atoms with Crippen LogP contribution in [-0.4, -0.2) is 35.0 Å². The molecule has 3 fully saturated rings. The zero-order valence-electron chi connectivity index (χ0n) is 7.45. The van der Waals surface area contributed by atoms with Gasteiger partial charge in [0.15, 0.2) is 0 Å². The second-order valence-electron chi connectivity index (χ2n) is 4.22. The number of rotatable bonds is 2. The summed E-state index contributed by atoms with van der Waals surface area (Å²) in [7, 11) is 0. The lowest BCUT2D eigenvalue weighted by atomic mass is 9.66. The molecule has 2 N–H and O–H groups in total. The third kappa shape index (κ3) is 1.16. The van der Waals surface area contributed by atoms with Crippen LogP contribution in [0.3, 0.4) is 0 Å². The molecular formula is C9H14O4. The minimum atomic E-state index is -0.751. The molecule has 0 aromatic heterocycles. The molecule has 3 rings (SSSR count). The monoisotopic (exact) mass is 186 g/mol. The Morgan fingerprint density at radius 1 is 1.31 bits per heavy atom. The second kappa shape index (κ2) is 2.69. The predicted molar refractivity (Wildman–Crippen MR) is 44.3 cm³/mol. The minimum Gasteiger partial charge on any atom is -0.481 e. The summed E-state index contributed by atoms with van der Waals surface area (Å²) in [5.74, 6) is -0.751. The van der Waals surface area contributed by atoms with E-state index in [4.69, 9.17) is 14.9 Å². The van der Waals surface area contributed by atoms with Crippen LogP contribution in [0.15, 0.2) is 0 Å². The highest BCUT2D eigenvalue weighted by molar-refractivity contribution is 5.75. The fraction of sp³-hybridized carbons (Fsp3) is 0.889. The predicted octanol–water partition coefficient (Wildman–Crippen LogP) is 0.393. The summed E-state index contributed by atoms with van der Waals surface area (Å²) in [6.45, 7) is 0.283. The molecule has 0 unspecified atom stereocenters. The van der Waals surface area contributed by atoms with E-state index >= 15 is 0 Å². The van der Waals surface area contributed by atoms with Gasteiger partial charge in [0, 0.05) is 0 Å². The maximum Gasteiger partial charge on any atom is 0.311 e. The van der Waals surface area contributed by atoms with Crippen molar-refractivity contribution in [2.24, 2.45) is 5.41 Å².